The maximum atomic E-state index is 12.9. The quantitative estimate of drug-likeness (QED) is 0.0264. The Morgan fingerprint density at radius 1 is 0.552 bits per heavy atom. The molecule has 16 nitrogen and oxygen atoms in total. The van der Waals surface area contributed by atoms with Gasteiger partial charge in [-0.1, -0.05) is 168 Å². The van der Waals surface area contributed by atoms with Crippen molar-refractivity contribution in [1.29, 1.82) is 0 Å². The van der Waals surface area contributed by atoms with Crippen molar-refractivity contribution >= 4 is 47.3 Å². The molecule has 17 heteroatoms. The van der Waals surface area contributed by atoms with Gasteiger partial charge in [0.1, 0.15) is 18.8 Å². The van der Waals surface area contributed by atoms with Crippen molar-refractivity contribution < 1.29 is 52.8 Å². The molecule has 0 saturated heterocycles. The molecule has 8 N–H and O–H groups in total. The van der Waals surface area contributed by atoms with Crippen LogP contribution in [0.5, 0.6) is 0 Å². The number of carbonyl (C=O) groups is 6. The SMILES string of the molecule is CCCCCCCCCCCCCCCC(=O)OC[C@H](CSC[C@H](N)C(=O)N[C@@H](CO)C(=O)NCCOCCOCCC(=O)NCC(N)=O)OC(=O)CCCCCCCCCCCCCCC. The van der Waals surface area contributed by atoms with Crippen molar-refractivity contribution in [1.82, 2.24) is 16.0 Å². The molecule has 0 fully saturated rings. The molecule has 0 rings (SSSR count). The smallest absolute Gasteiger partial charge is 0.306 e. The molecule has 0 heterocycles. The van der Waals surface area contributed by atoms with E-state index < -0.39 is 42.5 Å². The maximum absolute atomic E-state index is 12.9. The molecule has 0 aliphatic heterocycles. The van der Waals surface area contributed by atoms with Crippen LogP contribution in [0.1, 0.15) is 200 Å². The number of aliphatic hydroxyl groups is 1. The molecule has 0 spiro atoms. The van der Waals surface area contributed by atoms with Crippen molar-refractivity contribution in [3.05, 3.63) is 0 Å². The average molecular weight is 974 g/mol. The van der Waals surface area contributed by atoms with Crippen LogP contribution in [0.2, 0.25) is 0 Å². The van der Waals surface area contributed by atoms with Gasteiger partial charge in [-0.2, -0.15) is 11.8 Å². The van der Waals surface area contributed by atoms with Crippen molar-refractivity contribution in [2.75, 3.05) is 64.2 Å². The zero-order chi connectivity index (χ0) is 49.4. The topological polar surface area (TPSA) is 248 Å². The Kier molecular flexibility index (Phi) is 45.9. The Morgan fingerprint density at radius 3 is 1.49 bits per heavy atom. The van der Waals surface area contributed by atoms with E-state index in [4.69, 9.17) is 30.4 Å². The summed E-state index contributed by atoms with van der Waals surface area (Å²) in [4.78, 5) is 73.3. The molecule has 0 bridgehead atoms. The van der Waals surface area contributed by atoms with Crippen molar-refractivity contribution in [3.8, 4) is 0 Å². The first-order valence-electron chi connectivity index (χ1n) is 26.1. The highest BCUT2D eigenvalue weighted by molar-refractivity contribution is 7.99. The van der Waals surface area contributed by atoms with Gasteiger partial charge in [0.2, 0.25) is 23.6 Å². The number of nitrogens with one attached hydrogen (secondary N) is 3. The van der Waals surface area contributed by atoms with E-state index >= 15 is 0 Å². The fourth-order valence-electron chi connectivity index (χ4n) is 7.20. The molecule has 0 radical (unpaired) electrons. The van der Waals surface area contributed by atoms with E-state index in [9.17, 15) is 33.9 Å². The third-order valence-corrected chi connectivity index (χ3v) is 12.5. The Bertz CT molecular complexity index is 1250. The van der Waals surface area contributed by atoms with E-state index in [1.165, 1.54) is 134 Å². The molecule has 0 aromatic heterocycles. The van der Waals surface area contributed by atoms with Crippen LogP contribution < -0.4 is 27.4 Å². The van der Waals surface area contributed by atoms with Gasteiger partial charge >= 0.3 is 11.9 Å². The number of ether oxygens (including phenoxy) is 4. The molecule has 0 aliphatic carbocycles. The van der Waals surface area contributed by atoms with Crippen LogP contribution in [-0.4, -0.2) is 123 Å². The average Bonchev–Trinajstić information content (AvgIpc) is 3.31. The molecule has 0 aliphatic rings. The molecular weight excluding hydrogens is 879 g/mol. The fraction of sp³-hybridized carbons (Fsp3) is 0.880. The van der Waals surface area contributed by atoms with E-state index in [0.717, 1.165) is 44.9 Å². The molecule has 0 saturated carbocycles. The molecule has 0 aromatic carbocycles. The van der Waals surface area contributed by atoms with Gasteiger partial charge in [0.25, 0.3) is 0 Å². The summed E-state index contributed by atoms with van der Waals surface area (Å²) in [6.07, 6.45) is 31.4. The van der Waals surface area contributed by atoms with Crippen molar-refractivity contribution in [2.45, 2.75) is 218 Å². The first kappa shape index (κ1) is 64.0. The van der Waals surface area contributed by atoms with Crippen LogP contribution in [-0.2, 0) is 47.7 Å². The second-order valence-corrected chi connectivity index (χ2v) is 18.8. The monoisotopic (exact) mass is 974 g/mol. The summed E-state index contributed by atoms with van der Waals surface area (Å²) in [6, 6.07) is -2.27. The van der Waals surface area contributed by atoms with Crippen molar-refractivity contribution in [2.24, 2.45) is 11.5 Å². The van der Waals surface area contributed by atoms with Crippen molar-refractivity contribution in [3.63, 3.8) is 0 Å². The minimum absolute atomic E-state index is 0.0617. The normalized spacial score (nSPS) is 12.5. The number of esters is 2. The zero-order valence-electron chi connectivity index (χ0n) is 41.9. The number of nitrogens with two attached hydrogens (primary N) is 2. The lowest BCUT2D eigenvalue weighted by molar-refractivity contribution is -0.157. The summed E-state index contributed by atoms with van der Waals surface area (Å²) in [5.74, 6) is -2.55. The van der Waals surface area contributed by atoms with Gasteiger partial charge < -0.3 is 51.5 Å². The second kappa shape index (κ2) is 48.1. The van der Waals surface area contributed by atoms with Gasteiger partial charge in [0, 0.05) is 37.3 Å². The van der Waals surface area contributed by atoms with Gasteiger partial charge in [-0.3, -0.25) is 28.8 Å². The van der Waals surface area contributed by atoms with Gasteiger partial charge in [0.15, 0.2) is 0 Å². The molecular formula is C50H95N5O11S. The van der Waals surface area contributed by atoms with Crippen LogP contribution in [0.3, 0.4) is 0 Å². The lowest BCUT2D eigenvalue weighted by atomic mass is 10.0. The molecule has 4 amide bonds. The van der Waals surface area contributed by atoms with Crippen LogP contribution in [0.4, 0.5) is 0 Å². The third kappa shape index (κ3) is 44.0. The number of aliphatic hydroxyl groups excluding tert-OH is 1. The molecule has 0 unspecified atom stereocenters. The number of rotatable bonds is 50. The minimum Gasteiger partial charge on any atom is -0.462 e. The van der Waals surface area contributed by atoms with Crippen LogP contribution in [0.15, 0.2) is 0 Å². The van der Waals surface area contributed by atoms with E-state index in [1.807, 2.05) is 0 Å². The number of amides is 4. The highest BCUT2D eigenvalue weighted by atomic mass is 32.2. The number of hydrogen-bond donors (Lipinski definition) is 6. The van der Waals surface area contributed by atoms with Crippen LogP contribution in [0.25, 0.3) is 0 Å². The minimum atomic E-state index is -1.24. The maximum Gasteiger partial charge on any atom is 0.306 e. The summed E-state index contributed by atoms with van der Waals surface area (Å²) < 4.78 is 22.0. The van der Waals surface area contributed by atoms with E-state index in [2.05, 4.69) is 29.8 Å². The van der Waals surface area contributed by atoms with E-state index in [-0.39, 0.29) is 88.3 Å². The molecule has 392 valence electrons. The summed E-state index contributed by atoms with van der Waals surface area (Å²) >= 11 is 1.27. The van der Waals surface area contributed by atoms with Gasteiger partial charge in [-0.05, 0) is 12.8 Å². The lowest BCUT2D eigenvalue weighted by Crippen LogP contribution is -2.54. The Labute approximate surface area is 408 Å². The zero-order valence-corrected chi connectivity index (χ0v) is 42.7. The van der Waals surface area contributed by atoms with Gasteiger partial charge in [0.05, 0.1) is 45.6 Å². The largest absolute Gasteiger partial charge is 0.462 e. The predicted molar refractivity (Wildman–Crippen MR) is 267 cm³/mol. The summed E-state index contributed by atoms with van der Waals surface area (Å²) in [5.41, 5.74) is 11.1. The summed E-state index contributed by atoms with van der Waals surface area (Å²) in [6.45, 7) is 4.29. The Balaban J connectivity index is 4.67. The molecule has 3 atom stereocenters. The highest BCUT2D eigenvalue weighted by Gasteiger charge is 2.24. The number of unbranched alkanes of at least 4 members (excludes halogenated alkanes) is 24. The molecule has 0 aromatic rings. The third-order valence-electron chi connectivity index (χ3n) is 11.3. The summed E-state index contributed by atoms with van der Waals surface area (Å²) in [5, 5.41) is 17.2. The molecule has 67 heavy (non-hydrogen) atoms. The first-order chi connectivity index (χ1) is 32.5. The van der Waals surface area contributed by atoms with Gasteiger partial charge in [-0.25, -0.2) is 0 Å². The van der Waals surface area contributed by atoms with Crippen LogP contribution >= 0.6 is 11.8 Å². The van der Waals surface area contributed by atoms with Gasteiger partial charge in [-0.15, -0.1) is 0 Å². The van der Waals surface area contributed by atoms with E-state index in [1.54, 1.807) is 0 Å². The second-order valence-electron chi connectivity index (χ2n) is 17.7. The number of hydrogen-bond acceptors (Lipinski definition) is 13. The van der Waals surface area contributed by atoms with Crippen LogP contribution in [0, 0.1) is 0 Å². The summed E-state index contributed by atoms with van der Waals surface area (Å²) in [7, 11) is 0. The first-order valence-corrected chi connectivity index (χ1v) is 27.3. The number of carbonyl (C=O) groups excluding carboxylic acids is 6. The fourth-order valence-corrected chi connectivity index (χ4v) is 8.17. The lowest BCUT2D eigenvalue weighted by Gasteiger charge is -2.20. The highest BCUT2D eigenvalue weighted by Crippen LogP contribution is 2.16. The number of primary amides is 1. The predicted octanol–water partition coefficient (Wildman–Crippen LogP) is 7.08. The van der Waals surface area contributed by atoms with E-state index in [0.29, 0.717) is 6.42 Å². The standard InChI is InChI=1S/C50H95N5O11S/c1-3-5-7-9-11-13-15-17-19-21-23-25-27-29-47(59)65-39-42(66-48(60)30-28-26-24-22-20-18-16-14-12-10-8-6-4-2)40-67-41-43(51)49(61)55-44(38-56)50(62)53-32-34-64-36-35-63-33-31-46(58)54-37-45(52)57/h42-44,56H,3-41,51H2,1-2H3,(H2,52,57)(H,53,62)(H,54,58)(H,55,61)/t42-,43+,44+/m1/s1. The Morgan fingerprint density at radius 2 is 1.01 bits per heavy atom. The Hall–Kier alpha value is -2.99. The number of thioether (sulfide) groups is 1.